The van der Waals surface area contributed by atoms with Gasteiger partial charge in [-0.1, -0.05) is 12.1 Å². The summed E-state index contributed by atoms with van der Waals surface area (Å²) in [7, 11) is -3.03. The highest BCUT2D eigenvalue weighted by Crippen LogP contribution is 2.22. The van der Waals surface area contributed by atoms with Crippen molar-refractivity contribution in [2.24, 2.45) is 5.92 Å². The first-order valence-corrected chi connectivity index (χ1v) is 7.16. The van der Waals surface area contributed by atoms with Crippen molar-refractivity contribution in [1.82, 2.24) is 0 Å². The molecule has 1 saturated heterocycles. The number of carbonyl (C=O) groups excluding carboxylic acids is 1. The van der Waals surface area contributed by atoms with Gasteiger partial charge in [0.15, 0.2) is 9.84 Å². The highest BCUT2D eigenvalue weighted by molar-refractivity contribution is 7.91. The maximum atomic E-state index is 11.8. The number of para-hydroxylation sites is 2. The predicted molar refractivity (Wildman–Crippen MR) is 66.2 cm³/mol. The number of carbonyl (C=O) groups is 1. The first-order chi connectivity index (χ1) is 7.98. The summed E-state index contributed by atoms with van der Waals surface area (Å²) in [5, 5.41) is 2.66. The van der Waals surface area contributed by atoms with Crippen LogP contribution in [0.2, 0.25) is 0 Å². The van der Waals surface area contributed by atoms with E-state index < -0.39 is 15.8 Å². The largest absolute Gasteiger partial charge is 0.397 e. The Morgan fingerprint density at radius 2 is 2.06 bits per heavy atom. The molecule has 92 valence electrons. The predicted octanol–water partition coefficient (Wildman–Crippen LogP) is 0.642. The second kappa shape index (κ2) is 4.37. The molecule has 1 heterocycles. The highest BCUT2D eigenvalue weighted by Gasteiger charge is 2.33. The second-order valence-corrected chi connectivity index (χ2v) is 6.41. The molecule has 17 heavy (non-hydrogen) atoms. The van der Waals surface area contributed by atoms with Crippen LogP contribution in [0.15, 0.2) is 24.3 Å². The summed E-state index contributed by atoms with van der Waals surface area (Å²) in [5.74, 6) is -0.704. The summed E-state index contributed by atoms with van der Waals surface area (Å²) >= 11 is 0. The normalized spacial score (nSPS) is 22.2. The number of benzene rings is 1. The first kappa shape index (κ1) is 11.9. The van der Waals surface area contributed by atoms with Crippen LogP contribution in [0.4, 0.5) is 11.4 Å². The number of hydrogen-bond acceptors (Lipinski definition) is 4. The zero-order valence-electron chi connectivity index (χ0n) is 9.22. The minimum absolute atomic E-state index is 0.0639. The van der Waals surface area contributed by atoms with E-state index in [2.05, 4.69) is 5.32 Å². The van der Waals surface area contributed by atoms with Crippen molar-refractivity contribution in [3.63, 3.8) is 0 Å². The van der Waals surface area contributed by atoms with Crippen LogP contribution in [0.1, 0.15) is 6.42 Å². The van der Waals surface area contributed by atoms with Crippen molar-refractivity contribution in [2.75, 3.05) is 22.6 Å². The number of nitrogens with two attached hydrogens (primary N) is 1. The van der Waals surface area contributed by atoms with E-state index in [4.69, 9.17) is 5.73 Å². The number of anilines is 2. The van der Waals surface area contributed by atoms with E-state index in [0.717, 1.165) is 0 Å². The molecule has 0 aromatic heterocycles. The second-order valence-electron chi connectivity index (χ2n) is 4.18. The molecule has 1 fully saturated rings. The van der Waals surface area contributed by atoms with Gasteiger partial charge in [-0.3, -0.25) is 4.79 Å². The van der Waals surface area contributed by atoms with E-state index in [0.29, 0.717) is 17.8 Å². The number of nitrogen functional groups attached to an aromatic ring is 1. The molecule has 3 N–H and O–H groups in total. The fourth-order valence-corrected chi connectivity index (χ4v) is 3.59. The van der Waals surface area contributed by atoms with Crippen LogP contribution in [-0.2, 0) is 14.6 Å². The number of sulfone groups is 1. The van der Waals surface area contributed by atoms with E-state index in [1.54, 1.807) is 24.3 Å². The van der Waals surface area contributed by atoms with Crippen molar-refractivity contribution in [3.8, 4) is 0 Å². The Morgan fingerprint density at radius 1 is 1.35 bits per heavy atom. The van der Waals surface area contributed by atoms with Gasteiger partial charge in [0.2, 0.25) is 5.91 Å². The van der Waals surface area contributed by atoms with Crippen LogP contribution in [0, 0.1) is 5.92 Å². The summed E-state index contributed by atoms with van der Waals surface area (Å²) in [6.45, 7) is 0. The smallest absolute Gasteiger partial charge is 0.228 e. The molecule has 0 saturated carbocycles. The third kappa shape index (κ3) is 2.76. The van der Waals surface area contributed by atoms with E-state index in [9.17, 15) is 13.2 Å². The van der Waals surface area contributed by atoms with Gasteiger partial charge in [0.05, 0.1) is 28.8 Å². The molecule has 0 spiro atoms. The molecule has 0 bridgehead atoms. The first-order valence-electron chi connectivity index (χ1n) is 5.34. The molecule has 6 heteroatoms. The van der Waals surface area contributed by atoms with Gasteiger partial charge in [-0.15, -0.1) is 0 Å². The molecular formula is C11H14N2O3S. The Kier molecular flexibility index (Phi) is 3.06. The van der Waals surface area contributed by atoms with Gasteiger partial charge in [-0.25, -0.2) is 8.42 Å². The molecule has 0 aliphatic carbocycles. The van der Waals surface area contributed by atoms with Crippen LogP contribution < -0.4 is 11.1 Å². The van der Waals surface area contributed by atoms with Crippen molar-refractivity contribution in [1.29, 1.82) is 0 Å². The summed E-state index contributed by atoms with van der Waals surface area (Å²) < 4.78 is 22.5. The Bertz CT molecular complexity index is 539. The Morgan fingerprint density at radius 3 is 2.65 bits per heavy atom. The molecule has 1 aliphatic heterocycles. The van der Waals surface area contributed by atoms with Crippen LogP contribution >= 0.6 is 0 Å². The summed E-state index contributed by atoms with van der Waals surface area (Å²) in [6.07, 6.45) is 0.390. The molecule has 1 atom stereocenters. The summed E-state index contributed by atoms with van der Waals surface area (Å²) in [6, 6.07) is 6.90. The van der Waals surface area contributed by atoms with Gasteiger partial charge in [0, 0.05) is 0 Å². The Hall–Kier alpha value is -1.56. The molecule has 2 rings (SSSR count). The van der Waals surface area contributed by atoms with Crippen molar-refractivity contribution in [2.45, 2.75) is 6.42 Å². The van der Waals surface area contributed by atoms with Gasteiger partial charge in [0.1, 0.15) is 0 Å². The molecule has 0 radical (unpaired) electrons. The molecule has 1 unspecified atom stereocenters. The van der Waals surface area contributed by atoms with Crippen molar-refractivity contribution in [3.05, 3.63) is 24.3 Å². The third-order valence-electron chi connectivity index (χ3n) is 2.82. The molecule has 1 aromatic carbocycles. The lowest BCUT2D eigenvalue weighted by Crippen LogP contribution is -2.24. The Labute approximate surface area is 99.9 Å². The lowest BCUT2D eigenvalue weighted by Gasteiger charge is -2.11. The summed E-state index contributed by atoms with van der Waals surface area (Å²) in [4.78, 5) is 11.8. The van der Waals surface area contributed by atoms with Crippen LogP contribution in [0.3, 0.4) is 0 Å². The lowest BCUT2D eigenvalue weighted by molar-refractivity contribution is -0.119. The van der Waals surface area contributed by atoms with Crippen LogP contribution in [0.5, 0.6) is 0 Å². The SMILES string of the molecule is Nc1ccccc1NC(=O)C1CCS(=O)(=O)C1. The van der Waals surface area contributed by atoms with Gasteiger partial charge in [-0.2, -0.15) is 0 Å². The minimum Gasteiger partial charge on any atom is -0.397 e. The van der Waals surface area contributed by atoms with Crippen LogP contribution in [-0.4, -0.2) is 25.8 Å². The monoisotopic (exact) mass is 254 g/mol. The van der Waals surface area contributed by atoms with Gasteiger partial charge >= 0.3 is 0 Å². The molecule has 1 aliphatic rings. The van der Waals surface area contributed by atoms with Gasteiger partial charge in [-0.05, 0) is 18.6 Å². The molecule has 5 nitrogen and oxygen atoms in total. The van der Waals surface area contributed by atoms with Gasteiger partial charge in [0.25, 0.3) is 0 Å². The van der Waals surface area contributed by atoms with Crippen LogP contribution in [0.25, 0.3) is 0 Å². The number of nitrogens with one attached hydrogen (secondary N) is 1. The fourth-order valence-electron chi connectivity index (χ4n) is 1.85. The van der Waals surface area contributed by atoms with E-state index in [1.165, 1.54) is 0 Å². The zero-order chi connectivity index (χ0) is 12.5. The molecular weight excluding hydrogens is 240 g/mol. The number of amides is 1. The van der Waals surface area contributed by atoms with Gasteiger partial charge < -0.3 is 11.1 Å². The van der Waals surface area contributed by atoms with Crippen molar-refractivity contribution >= 4 is 27.1 Å². The topological polar surface area (TPSA) is 89.3 Å². The maximum Gasteiger partial charge on any atom is 0.228 e. The Balaban J connectivity index is 2.06. The molecule has 1 amide bonds. The zero-order valence-corrected chi connectivity index (χ0v) is 10.0. The third-order valence-corrected chi connectivity index (χ3v) is 4.59. The number of rotatable bonds is 2. The average Bonchev–Trinajstić information content (AvgIpc) is 2.62. The quantitative estimate of drug-likeness (QED) is 0.758. The highest BCUT2D eigenvalue weighted by atomic mass is 32.2. The van der Waals surface area contributed by atoms with E-state index >= 15 is 0 Å². The van der Waals surface area contributed by atoms with E-state index in [1.807, 2.05) is 0 Å². The number of hydrogen-bond donors (Lipinski definition) is 2. The van der Waals surface area contributed by atoms with Crippen molar-refractivity contribution < 1.29 is 13.2 Å². The summed E-state index contributed by atoms with van der Waals surface area (Å²) in [5.41, 5.74) is 6.69. The minimum atomic E-state index is -3.03. The fraction of sp³-hybridized carbons (Fsp3) is 0.364. The maximum absolute atomic E-state index is 11.8. The lowest BCUT2D eigenvalue weighted by atomic mass is 10.1. The van der Waals surface area contributed by atoms with E-state index in [-0.39, 0.29) is 17.4 Å². The standard InChI is InChI=1S/C11H14N2O3S/c12-9-3-1-2-4-10(9)13-11(14)8-5-6-17(15,16)7-8/h1-4,8H,5-7,12H2,(H,13,14). The molecule has 1 aromatic rings. The average molecular weight is 254 g/mol.